The number of hydrogen-bond acceptors (Lipinski definition) is 3. The number of hydrogen-bond donors (Lipinski definition) is 1. The van der Waals surface area contributed by atoms with Crippen LogP contribution in [0.25, 0.3) is 0 Å². The summed E-state index contributed by atoms with van der Waals surface area (Å²) >= 11 is 0. The quantitative estimate of drug-likeness (QED) is 0.877. The average Bonchev–Trinajstić information content (AvgIpc) is 2.84. The molecule has 0 aliphatic carbocycles. The first kappa shape index (κ1) is 15.8. The largest absolute Gasteiger partial charge is 0.328 e. The predicted octanol–water partition coefficient (Wildman–Crippen LogP) is 2.55. The van der Waals surface area contributed by atoms with Crippen LogP contribution in [0.5, 0.6) is 0 Å². The Morgan fingerprint density at radius 2 is 1.68 bits per heavy atom. The van der Waals surface area contributed by atoms with E-state index >= 15 is 0 Å². The third kappa shape index (κ3) is 2.51. The van der Waals surface area contributed by atoms with Crippen molar-refractivity contribution in [2.45, 2.75) is 25.0 Å². The second kappa shape index (κ2) is 6.01. The van der Waals surface area contributed by atoms with Gasteiger partial charge in [0.15, 0.2) is 0 Å². The molecule has 0 bridgehead atoms. The molecule has 0 unspecified atom stereocenters. The first-order valence-electron chi connectivity index (χ1n) is 8.56. The fourth-order valence-electron chi connectivity index (χ4n) is 3.85. The fraction of sp³-hybridized carbons (Fsp3) is 0.300. The van der Waals surface area contributed by atoms with Crippen LogP contribution in [0.4, 0.5) is 4.79 Å². The van der Waals surface area contributed by atoms with Gasteiger partial charge in [-0.15, -0.1) is 0 Å². The van der Waals surface area contributed by atoms with Gasteiger partial charge in [0.2, 0.25) is 0 Å². The highest BCUT2D eigenvalue weighted by atomic mass is 16.2. The summed E-state index contributed by atoms with van der Waals surface area (Å²) in [5.41, 5.74) is 1.16. The molecule has 2 saturated heterocycles. The zero-order valence-corrected chi connectivity index (χ0v) is 14.2. The van der Waals surface area contributed by atoms with Crippen molar-refractivity contribution in [3.63, 3.8) is 0 Å². The lowest BCUT2D eigenvalue weighted by Crippen LogP contribution is -2.61. The van der Waals surface area contributed by atoms with Gasteiger partial charge in [0.25, 0.3) is 5.91 Å². The summed E-state index contributed by atoms with van der Waals surface area (Å²) in [4.78, 5) is 29.4. The van der Waals surface area contributed by atoms with Crippen molar-refractivity contribution in [2.24, 2.45) is 0 Å². The molecule has 2 fully saturated rings. The summed E-state index contributed by atoms with van der Waals surface area (Å²) in [6, 6.07) is 19.2. The minimum absolute atomic E-state index is 0.130. The molecule has 1 N–H and O–H groups in total. The number of rotatable bonds is 3. The summed E-state index contributed by atoms with van der Waals surface area (Å²) in [6.07, 6.45) is 0. The lowest BCUT2D eigenvalue weighted by atomic mass is 9.92. The summed E-state index contributed by atoms with van der Waals surface area (Å²) in [7, 11) is 0. The normalized spacial score (nSPS) is 26.0. The van der Waals surface area contributed by atoms with Crippen LogP contribution in [0.15, 0.2) is 60.7 Å². The summed E-state index contributed by atoms with van der Waals surface area (Å²) < 4.78 is 0. The Labute approximate surface area is 147 Å². The number of imide groups is 1. The maximum atomic E-state index is 13.1. The predicted molar refractivity (Wildman–Crippen MR) is 94.7 cm³/mol. The first-order valence-corrected chi connectivity index (χ1v) is 8.56. The molecule has 2 aliphatic rings. The Hall–Kier alpha value is -2.66. The van der Waals surface area contributed by atoms with Gasteiger partial charge in [-0.1, -0.05) is 60.7 Å². The van der Waals surface area contributed by atoms with Crippen LogP contribution in [0.1, 0.15) is 24.1 Å². The van der Waals surface area contributed by atoms with Gasteiger partial charge in [0.1, 0.15) is 5.54 Å². The van der Waals surface area contributed by atoms with E-state index in [4.69, 9.17) is 0 Å². The summed E-state index contributed by atoms with van der Waals surface area (Å²) in [6.45, 7) is 3.30. The van der Waals surface area contributed by atoms with Gasteiger partial charge in [-0.05, 0) is 18.1 Å². The standard InChI is InChI=1S/C20H21N3O2/c1-20-14-21-12-17(16-10-6-3-7-11-16)23(20)19(25)22(18(20)24)13-15-8-4-2-5-9-15/h2-11,17,21H,12-14H2,1H3/t17-,20-/m1/s1. The van der Waals surface area contributed by atoms with Crippen LogP contribution in [0.3, 0.4) is 0 Å². The lowest BCUT2D eigenvalue weighted by Gasteiger charge is -2.42. The van der Waals surface area contributed by atoms with E-state index in [1.54, 1.807) is 4.90 Å². The van der Waals surface area contributed by atoms with E-state index in [9.17, 15) is 9.59 Å². The Morgan fingerprint density at radius 3 is 2.36 bits per heavy atom. The molecule has 0 saturated carbocycles. The fourth-order valence-corrected chi connectivity index (χ4v) is 3.85. The minimum Gasteiger partial charge on any atom is -0.311 e. The van der Waals surface area contributed by atoms with E-state index in [2.05, 4.69) is 5.32 Å². The second-order valence-corrected chi connectivity index (χ2v) is 6.86. The number of urea groups is 1. The smallest absolute Gasteiger partial charge is 0.311 e. The average molecular weight is 335 g/mol. The van der Waals surface area contributed by atoms with Gasteiger partial charge in [-0.25, -0.2) is 4.79 Å². The highest BCUT2D eigenvalue weighted by Gasteiger charge is 2.58. The molecule has 5 nitrogen and oxygen atoms in total. The molecule has 3 amide bonds. The highest BCUT2D eigenvalue weighted by molar-refractivity contribution is 6.07. The van der Waals surface area contributed by atoms with E-state index in [0.717, 1.165) is 11.1 Å². The maximum absolute atomic E-state index is 13.1. The zero-order valence-electron chi connectivity index (χ0n) is 14.2. The van der Waals surface area contributed by atoms with Crippen molar-refractivity contribution >= 4 is 11.9 Å². The Morgan fingerprint density at radius 1 is 1.04 bits per heavy atom. The number of carbonyl (C=O) groups excluding carboxylic acids is 2. The van der Waals surface area contributed by atoms with Gasteiger partial charge in [-0.3, -0.25) is 9.69 Å². The van der Waals surface area contributed by atoms with Crippen molar-refractivity contribution in [3.8, 4) is 0 Å². The van der Waals surface area contributed by atoms with Gasteiger partial charge < -0.3 is 10.2 Å². The SMILES string of the molecule is C[C@]12CNC[C@H](c3ccccc3)N1C(=O)N(Cc1ccccc1)C2=O. The van der Waals surface area contributed by atoms with E-state index in [0.29, 0.717) is 19.6 Å². The van der Waals surface area contributed by atoms with Gasteiger partial charge in [-0.2, -0.15) is 0 Å². The third-order valence-electron chi connectivity index (χ3n) is 5.16. The van der Waals surface area contributed by atoms with Gasteiger partial charge in [0, 0.05) is 13.1 Å². The van der Waals surface area contributed by atoms with Crippen LogP contribution >= 0.6 is 0 Å². The van der Waals surface area contributed by atoms with E-state index in [1.807, 2.05) is 67.6 Å². The van der Waals surface area contributed by atoms with Gasteiger partial charge >= 0.3 is 6.03 Å². The first-order chi connectivity index (χ1) is 12.1. The number of piperazine rings is 1. The van der Waals surface area contributed by atoms with E-state index in [1.165, 1.54) is 4.90 Å². The lowest BCUT2D eigenvalue weighted by molar-refractivity contribution is -0.134. The van der Waals surface area contributed by atoms with Crippen molar-refractivity contribution in [1.82, 2.24) is 15.1 Å². The molecule has 2 aliphatic heterocycles. The zero-order chi connectivity index (χ0) is 17.4. The second-order valence-electron chi connectivity index (χ2n) is 6.86. The Balaban J connectivity index is 1.69. The van der Waals surface area contributed by atoms with Crippen molar-refractivity contribution < 1.29 is 9.59 Å². The maximum Gasteiger partial charge on any atom is 0.328 e. The molecule has 128 valence electrons. The summed E-state index contributed by atoms with van der Waals surface area (Å²) in [5, 5.41) is 3.34. The molecular weight excluding hydrogens is 314 g/mol. The molecule has 5 heteroatoms. The minimum atomic E-state index is -0.843. The Bertz CT molecular complexity index is 793. The molecule has 2 heterocycles. The number of nitrogens with one attached hydrogen (secondary N) is 1. The highest BCUT2D eigenvalue weighted by Crippen LogP contribution is 2.38. The molecule has 0 aromatic heterocycles. The monoisotopic (exact) mass is 335 g/mol. The van der Waals surface area contributed by atoms with Crippen molar-refractivity contribution in [1.29, 1.82) is 0 Å². The molecule has 2 aromatic carbocycles. The molecule has 25 heavy (non-hydrogen) atoms. The molecule has 0 radical (unpaired) electrons. The molecule has 2 aromatic rings. The molecule has 2 atom stereocenters. The van der Waals surface area contributed by atoms with E-state index in [-0.39, 0.29) is 18.0 Å². The van der Waals surface area contributed by atoms with Crippen LogP contribution in [-0.4, -0.2) is 40.4 Å². The molecular formula is C20H21N3O2. The molecule has 0 spiro atoms. The van der Waals surface area contributed by atoms with Crippen LogP contribution in [-0.2, 0) is 11.3 Å². The number of nitrogens with zero attached hydrogens (tertiary/aromatic N) is 2. The van der Waals surface area contributed by atoms with Crippen molar-refractivity contribution in [3.05, 3.63) is 71.8 Å². The van der Waals surface area contributed by atoms with Crippen LogP contribution < -0.4 is 5.32 Å². The topological polar surface area (TPSA) is 52.7 Å². The van der Waals surface area contributed by atoms with Gasteiger partial charge in [0.05, 0.1) is 12.6 Å². The number of benzene rings is 2. The van der Waals surface area contributed by atoms with E-state index < -0.39 is 5.54 Å². The number of carbonyl (C=O) groups is 2. The van der Waals surface area contributed by atoms with Crippen molar-refractivity contribution in [2.75, 3.05) is 13.1 Å². The van der Waals surface area contributed by atoms with Crippen LogP contribution in [0.2, 0.25) is 0 Å². The third-order valence-corrected chi connectivity index (χ3v) is 5.16. The summed E-state index contributed by atoms with van der Waals surface area (Å²) in [5.74, 6) is -0.130. The Kier molecular flexibility index (Phi) is 3.81. The number of amides is 3. The number of fused-ring (bicyclic) bond motifs is 1. The molecule has 4 rings (SSSR count). The van der Waals surface area contributed by atoms with Crippen LogP contribution in [0, 0.1) is 0 Å².